The topological polar surface area (TPSA) is 204 Å². The predicted octanol–water partition coefficient (Wildman–Crippen LogP) is 5.79. The van der Waals surface area contributed by atoms with Crippen LogP contribution in [0.2, 0.25) is 0 Å². The summed E-state index contributed by atoms with van der Waals surface area (Å²) >= 11 is 0. The highest BCUT2D eigenvalue weighted by molar-refractivity contribution is 5.96. The van der Waals surface area contributed by atoms with Crippen LogP contribution in [0.25, 0.3) is 11.1 Å². The van der Waals surface area contributed by atoms with Crippen LogP contribution in [0, 0.1) is 29.1 Å². The van der Waals surface area contributed by atoms with Gasteiger partial charge in [0.2, 0.25) is 11.8 Å². The average Bonchev–Trinajstić information content (AvgIpc) is 3.49. The van der Waals surface area contributed by atoms with E-state index >= 15 is 0 Å². The highest BCUT2D eigenvalue weighted by Gasteiger charge is 2.66. The van der Waals surface area contributed by atoms with Crippen molar-refractivity contribution in [3.05, 3.63) is 71.3 Å². The number of nitrogens with zero attached hydrogens (tertiary/aromatic N) is 2. The van der Waals surface area contributed by atoms with E-state index in [0.29, 0.717) is 30.1 Å². The Balaban J connectivity index is 1.03. The van der Waals surface area contributed by atoms with Crippen molar-refractivity contribution >= 4 is 35.3 Å². The summed E-state index contributed by atoms with van der Waals surface area (Å²) < 4.78 is 14.5. The zero-order chi connectivity index (χ0) is 42.0. The molecule has 4 saturated carbocycles. The molecule has 14 heteroatoms. The van der Waals surface area contributed by atoms with E-state index in [-0.39, 0.29) is 64.6 Å². The van der Waals surface area contributed by atoms with E-state index in [2.05, 4.69) is 39.3 Å². The first kappa shape index (κ1) is 42.5. The van der Waals surface area contributed by atoms with Crippen LogP contribution in [0.15, 0.2) is 48.7 Å². The summed E-state index contributed by atoms with van der Waals surface area (Å²) in [7, 11) is 1.54. The van der Waals surface area contributed by atoms with Crippen LogP contribution in [0.3, 0.4) is 0 Å². The number of benzene rings is 1. The number of ether oxygens (including phenoxy) is 2. The van der Waals surface area contributed by atoms with Crippen LogP contribution in [0.5, 0.6) is 0 Å². The van der Waals surface area contributed by atoms with Crippen LogP contribution in [-0.2, 0) is 43.4 Å². The molecule has 3 amide bonds. The number of carboxylic acid groups (broad SMARTS) is 1. The minimum Gasteiger partial charge on any atom is -0.476 e. The summed E-state index contributed by atoms with van der Waals surface area (Å²) in [5.41, 5.74) is 9.46. The number of likely N-dealkylation sites (N-methyl/N-ethyl adjacent to an activating group) is 1. The van der Waals surface area contributed by atoms with Gasteiger partial charge in [-0.15, -0.1) is 0 Å². The zero-order valence-corrected chi connectivity index (χ0v) is 34.5. The number of alkyl carbamates (subject to hydrolysis) is 1. The number of carbonyl (C=O) groups is 5. The lowest BCUT2D eigenvalue weighted by atomic mass is 9.39. The molecule has 0 radical (unpaired) electrons. The Morgan fingerprint density at radius 1 is 0.931 bits per heavy atom. The molecule has 4 fully saturated rings. The van der Waals surface area contributed by atoms with Gasteiger partial charge in [0.1, 0.15) is 12.4 Å². The molecule has 58 heavy (non-hydrogen) atoms. The van der Waals surface area contributed by atoms with E-state index in [4.69, 9.17) is 15.2 Å². The fraction of sp³-hybridized carbons (Fsp3) is 0.545. The SMILES string of the molecule is CNC(=O)Cc1ccc(-c2ccn(CC34CC5(C)CC(C)(C3)CC(OCCNC(=O)OCc3ccc(NC(=O)[C@H](C)CC(=O)[C@H](C)N)cc3)(C5)C4)c2C)c(C(=O)O)n1. The molecule has 4 atom stereocenters. The largest absolute Gasteiger partial charge is 0.476 e. The molecular formula is C44H58N6O8. The first-order valence-corrected chi connectivity index (χ1v) is 20.2. The number of carboxylic acids is 1. The number of anilines is 1. The van der Waals surface area contributed by atoms with Crippen molar-refractivity contribution in [3.8, 4) is 11.1 Å². The maximum absolute atomic E-state index is 12.6. The van der Waals surface area contributed by atoms with E-state index in [1.54, 1.807) is 50.2 Å². The molecule has 6 N–H and O–H groups in total. The second kappa shape index (κ2) is 16.6. The number of ketones is 1. The zero-order valence-electron chi connectivity index (χ0n) is 34.5. The van der Waals surface area contributed by atoms with Gasteiger partial charge in [-0.05, 0) is 98.4 Å². The maximum atomic E-state index is 12.6. The summed E-state index contributed by atoms with van der Waals surface area (Å²) in [6.45, 7) is 11.6. The quantitative estimate of drug-likeness (QED) is 0.104. The first-order chi connectivity index (χ1) is 27.3. The van der Waals surface area contributed by atoms with Crippen LogP contribution < -0.4 is 21.7 Å². The van der Waals surface area contributed by atoms with E-state index in [0.717, 1.165) is 61.9 Å². The fourth-order valence-corrected chi connectivity index (χ4v) is 10.9. The monoisotopic (exact) mass is 798 g/mol. The maximum Gasteiger partial charge on any atom is 0.407 e. The second-order valence-corrected chi connectivity index (χ2v) is 18.1. The number of pyridine rings is 1. The van der Waals surface area contributed by atoms with E-state index in [9.17, 15) is 29.1 Å². The van der Waals surface area contributed by atoms with Crippen molar-refractivity contribution in [3.63, 3.8) is 0 Å². The number of aromatic carboxylic acids is 1. The molecule has 3 aromatic rings. The average molecular weight is 799 g/mol. The van der Waals surface area contributed by atoms with Gasteiger partial charge in [0, 0.05) is 61.2 Å². The van der Waals surface area contributed by atoms with Crippen LogP contribution >= 0.6 is 0 Å². The van der Waals surface area contributed by atoms with Gasteiger partial charge >= 0.3 is 12.1 Å². The predicted molar refractivity (Wildman–Crippen MR) is 218 cm³/mol. The lowest BCUT2D eigenvalue weighted by Gasteiger charge is -2.69. The first-order valence-electron chi connectivity index (χ1n) is 20.2. The number of carbonyl (C=O) groups excluding carboxylic acids is 4. The number of hydrogen-bond acceptors (Lipinski definition) is 9. The highest BCUT2D eigenvalue weighted by atomic mass is 16.5. The van der Waals surface area contributed by atoms with Crippen molar-refractivity contribution in [2.24, 2.45) is 27.9 Å². The van der Waals surface area contributed by atoms with Gasteiger partial charge in [-0.2, -0.15) is 0 Å². The van der Waals surface area contributed by atoms with E-state index < -0.39 is 24.0 Å². The lowest BCUT2D eigenvalue weighted by molar-refractivity contribution is -0.247. The standard InChI is InChI=1S/C44H58N6O8/c1-27(17-35(51)28(2)45)38(53)49-31-9-7-30(8-10-31)19-57-40(56)47-14-16-58-44-23-41(4)20-42(5,24-44)22-43(21-41,25-44)26-50-15-13-33(29(50)3)34-12-11-32(18-36(52)46-6)48-37(34)39(54)55/h7-13,15,27-28H,14,16-26,45H2,1-6H3,(H,46,52)(H,47,56)(H,49,53)(H,54,55)/t27-,28+,41?,42?,43?,44?/m1/s1. The molecule has 4 aliphatic rings. The van der Waals surface area contributed by atoms with Crippen molar-refractivity contribution in [2.75, 3.05) is 25.5 Å². The van der Waals surface area contributed by atoms with Crippen molar-refractivity contribution in [1.82, 2.24) is 20.2 Å². The Labute approximate surface area is 340 Å². The molecule has 0 aliphatic heterocycles. The molecular weight excluding hydrogens is 741 g/mol. The van der Waals surface area contributed by atoms with Gasteiger partial charge in [0.05, 0.1) is 30.4 Å². The summed E-state index contributed by atoms with van der Waals surface area (Å²) in [5.74, 6) is -2.33. The third-order valence-corrected chi connectivity index (χ3v) is 12.3. The minimum absolute atomic E-state index is 0.00332. The number of nitrogens with one attached hydrogen (secondary N) is 3. The highest BCUT2D eigenvalue weighted by Crippen LogP contribution is 2.72. The van der Waals surface area contributed by atoms with Crippen molar-refractivity contribution in [1.29, 1.82) is 0 Å². The molecule has 2 heterocycles. The van der Waals surface area contributed by atoms with Gasteiger partial charge in [0.15, 0.2) is 5.69 Å². The Hall–Kier alpha value is -5.08. The van der Waals surface area contributed by atoms with Gasteiger partial charge < -0.3 is 40.8 Å². The molecule has 14 nitrogen and oxygen atoms in total. The molecule has 4 bridgehead atoms. The smallest absolute Gasteiger partial charge is 0.407 e. The number of hydrogen-bond donors (Lipinski definition) is 5. The Kier molecular flexibility index (Phi) is 12.2. The fourth-order valence-electron chi connectivity index (χ4n) is 10.9. The number of nitrogens with two attached hydrogens (primary N) is 1. The molecule has 2 aromatic heterocycles. The molecule has 1 aromatic carbocycles. The Morgan fingerprint density at radius 3 is 2.26 bits per heavy atom. The number of amides is 3. The molecule has 0 spiro atoms. The van der Waals surface area contributed by atoms with Gasteiger partial charge in [-0.3, -0.25) is 14.4 Å². The van der Waals surface area contributed by atoms with Crippen molar-refractivity contribution in [2.45, 2.75) is 111 Å². The summed E-state index contributed by atoms with van der Waals surface area (Å²) in [5, 5.41) is 18.3. The van der Waals surface area contributed by atoms with Crippen LogP contribution in [0.4, 0.5) is 10.5 Å². The molecule has 7 rings (SSSR count). The molecule has 4 aliphatic carbocycles. The summed E-state index contributed by atoms with van der Waals surface area (Å²) in [4.78, 5) is 65.6. The number of rotatable bonds is 17. The molecule has 0 saturated heterocycles. The lowest BCUT2D eigenvalue weighted by Crippen LogP contribution is -2.64. The molecule has 2 unspecified atom stereocenters. The number of aromatic nitrogens is 2. The minimum atomic E-state index is -1.14. The van der Waals surface area contributed by atoms with E-state index in [1.165, 1.54) is 7.05 Å². The third kappa shape index (κ3) is 9.61. The van der Waals surface area contributed by atoms with E-state index in [1.807, 2.05) is 19.2 Å². The summed E-state index contributed by atoms with van der Waals surface area (Å²) in [6.07, 6.45) is 7.71. The summed E-state index contributed by atoms with van der Waals surface area (Å²) in [6, 6.07) is 11.8. The third-order valence-electron chi connectivity index (χ3n) is 12.3. The van der Waals surface area contributed by atoms with Crippen LogP contribution in [-0.4, -0.2) is 76.2 Å². The number of Topliss-reactive ketones (excluding diaryl/α,β-unsaturated/α-hetero) is 1. The van der Waals surface area contributed by atoms with Gasteiger partial charge in [-0.25, -0.2) is 14.6 Å². The normalized spacial score (nSPS) is 25.4. The van der Waals surface area contributed by atoms with Gasteiger partial charge in [-0.1, -0.05) is 39.0 Å². The second-order valence-electron chi connectivity index (χ2n) is 18.1. The van der Waals surface area contributed by atoms with Crippen molar-refractivity contribution < 1.29 is 38.6 Å². The van der Waals surface area contributed by atoms with Gasteiger partial charge in [0.25, 0.3) is 0 Å². The Bertz CT molecular complexity index is 2040. The van der Waals surface area contributed by atoms with Crippen LogP contribution in [0.1, 0.15) is 100 Å². The Morgan fingerprint density at radius 2 is 1.62 bits per heavy atom. The molecule has 312 valence electrons.